The summed E-state index contributed by atoms with van der Waals surface area (Å²) in [6.07, 6.45) is 4.34. The first-order chi connectivity index (χ1) is 13.3. The summed E-state index contributed by atoms with van der Waals surface area (Å²) in [5.41, 5.74) is 0.0419. The molecule has 3 unspecified atom stereocenters. The van der Waals surface area contributed by atoms with Crippen molar-refractivity contribution in [3.05, 3.63) is 41.8 Å². The molecule has 2 aliphatic rings. The number of carbonyl (C=O) groups is 1. The van der Waals surface area contributed by atoms with E-state index in [1.165, 1.54) is 0 Å². The minimum atomic E-state index is -3.31. The van der Waals surface area contributed by atoms with Crippen LogP contribution in [-0.4, -0.2) is 59.2 Å². The van der Waals surface area contributed by atoms with Gasteiger partial charge in [0.2, 0.25) is 15.9 Å². The first-order valence-electron chi connectivity index (χ1n) is 9.33. The zero-order chi connectivity index (χ0) is 19.9. The van der Waals surface area contributed by atoms with Crippen LogP contribution in [0.3, 0.4) is 0 Å². The molecule has 2 aromatic rings. The molecular weight excluding hydrogens is 382 g/mol. The Bertz CT molecular complexity index is 977. The van der Waals surface area contributed by atoms with E-state index in [4.69, 9.17) is 4.52 Å². The molecule has 10 heteroatoms. The molecule has 28 heavy (non-hydrogen) atoms. The number of fused-ring (bicyclic) bond motifs is 1. The van der Waals surface area contributed by atoms with Crippen LogP contribution in [0.15, 0.2) is 29.0 Å². The van der Waals surface area contributed by atoms with Crippen molar-refractivity contribution in [1.29, 1.82) is 0 Å². The summed E-state index contributed by atoms with van der Waals surface area (Å²) in [7, 11) is -3.31. The lowest BCUT2D eigenvalue weighted by molar-refractivity contribution is 0.0773. The normalized spacial score (nSPS) is 27.1. The van der Waals surface area contributed by atoms with Crippen molar-refractivity contribution < 1.29 is 17.7 Å². The highest BCUT2D eigenvalue weighted by molar-refractivity contribution is 7.89. The topological polar surface area (TPSA) is 118 Å². The Morgan fingerprint density at radius 3 is 2.79 bits per heavy atom. The molecule has 1 aliphatic heterocycles. The molecule has 1 aliphatic carbocycles. The number of likely N-dealkylation sites (tertiary alicyclic amines) is 1. The number of sulfonamides is 1. The quantitative estimate of drug-likeness (QED) is 0.784. The Hall–Kier alpha value is -2.33. The van der Waals surface area contributed by atoms with Crippen LogP contribution in [0, 0.1) is 12.8 Å². The average Bonchev–Trinajstić information content (AvgIpc) is 3.34. The molecule has 4 rings (SSSR count). The van der Waals surface area contributed by atoms with Crippen molar-refractivity contribution in [3.63, 3.8) is 0 Å². The minimum absolute atomic E-state index is 0.0352. The Kier molecular flexibility index (Phi) is 4.70. The van der Waals surface area contributed by atoms with Crippen LogP contribution < -0.4 is 4.72 Å². The summed E-state index contributed by atoms with van der Waals surface area (Å²) in [5.74, 6) is 1.02. The molecule has 1 N–H and O–H groups in total. The zero-order valence-electron chi connectivity index (χ0n) is 15.8. The maximum atomic E-state index is 12.9. The number of pyridine rings is 1. The van der Waals surface area contributed by atoms with Gasteiger partial charge in [-0.15, -0.1) is 0 Å². The Balaban J connectivity index is 1.62. The zero-order valence-corrected chi connectivity index (χ0v) is 16.6. The molecule has 1 saturated heterocycles. The van der Waals surface area contributed by atoms with Crippen molar-refractivity contribution >= 4 is 15.9 Å². The third kappa shape index (κ3) is 3.30. The minimum Gasteiger partial charge on any atom is -0.339 e. The first-order valence-corrected chi connectivity index (χ1v) is 11.0. The molecule has 0 spiro atoms. The maximum absolute atomic E-state index is 12.9. The van der Waals surface area contributed by atoms with Gasteiger partial charge in [0, 0.05) is 37.1 Å². The molecule has 3 atom stereocenters. The van der Waals surface area contributed by atoms with E-state index in [1.807, 2.05) is 0 Å². The monoisotopic (exact) mass is 405 g/mol. The Labute approximate surface area is 163 Å². The van der Waals surface area contributed by atoms with Gasteiger partial charge in [-0.2, -0.15) is 4.98 Å². The number of carbonyl (C=O) groups excluding carboxylic acids is 1. The third-order valence-corrected chi connectivity index (χ3v) is 7.22. The van der Waals surface area contributed by atoms with E-state index >= 15 is 0 Å². The fraction of sp³-hybridized carbons (Fsp3) is 0.556. The van der Waals surface area contributed by atoms with Crippen molar-refractivity contribution in [2.75, 3.05) is 18.8 Å². The lowest BCUT2D eigenvalue weighted by atomic mass is 9.80. The number of amides is 1. The second kappa shape index (κ2) is 6.93. The van der Waals surface area contributed by atoms with Gasteiger partial charge in [-0.05, 0) is 44.7 Å². The van der Waals surface area contributed by atoms with Gasteiger partial charge < -0.3 is 9.42 Å². The van der Waals surface area contributed by atoms with Crippen LogP contribution in [-0.2, 0) is 15.4 Å². The highest BCUT2D eigenvalue weighted by Gasteiger charge is 2.58. The smallest absolute Gasteiger partial charge is 0.254 e. The molecule has 2 fully saturated rings. The van der Waals surface area contributed by atoms with E-state index in [1.54, 1.807) is 43.3 Å². The molecule has 2 aromatic heterocycles. The molecule has 150 valence electrons. The SMILES string of the molecule is CCS(=O)(=O)NC1CC2CN(C(=O)c3ccncc3)CC2(c2nc(C)no2)C1. The number of nitrogens with zero attached hydrogens (tertiary/aromatic N) is 4. The molecule has 1 amide bonds. The summed E-state index contributed by atoms with van der Waals surface area (Å²) >= 11 is 0. The van der Waals surface area contributed by atoms with Crippen LogP contribution in [0.1, 0.15) is 41.8 Å². The lowest BCUT2D eigenvalue weighted by Gasteiger charge is -2.25. The Morgan fingerprint density at radius 1 is 1.39 bits per heavy atom. The standard InChI is InChI=1S/C18H23N5O4S/c1-3-28(25,26)22-15-8-14-10-23(16(24)13-4-6-19-7-5-13)11-18(14,9-15)17-20-12(2)21-27-17/h4-7,14-15,22H,3,8-11H2,1-2H3. The van der Waals surface area contributed by atoms with Crippen LogP contribution in [0.2, 0.25) is 0 Å². The molecule has 0 bridgehead atoms. The summed E-state index contributed by atoms with van der Waals surface area (Å²) < 4.78 is 32.4. The van der Waals surface area contributed by atoms with E-state index < -0.39 is 15.4 Å². The van der Waals surface area contributed by atoms with Crippen LogP contribution in [0.5, 0.6) is 0 Å². The maximum Gasteiger partial charge on any atom is 0.254 e. The van der Waals surface area contributed by atoms with E-state index in [0.29, 0.717) is 43.2 Å². The summed E-state index contributed by atoms with van der Waals surface area (Å²) in [5, 5.41) is 3.92. The highest BCUT2D eigenvalue weighted by Crippen LogP contribution is 2.50. The molecule has 0 radical (unpaired) electrons. The predicted molar refractivity (Wildman–Crippen MR) is 100.0 cm³/mol. The van der Waals surface area contributed by atoms with Crippen molar-refractivity contribution in [2.24, 2.45) is 5.92 Å². The van der Waals surface area contributed by atoms with Gasteiger partial charge in [0.05, 0.1) is 11.2 Å². The molecule has 9 nitrogen and oxygen atoms in total. The van der Waals surface area contributed by atoms with Crippen molar-refractivity contribution in [3.8, 4) is 0 Å². The van der Waals surface area contributed by atoms with Gasteiger partial charge in [-0.25, -0.2) is 13.1 Å². The largest absolute Gasteiger partial charge is 0.339 e. The van der Waals surface area contributed by atoms with Gasteiger partial charge in [0.25, 0.3) is 5.91 Å². The number of hydrogen-bond donors (Lipinski definition) is 1. The summed E-state index contributed by atoms with van der Waals surface area (Å²) in [4.78, 5) is 23.1. The van der Waals surface area contributed by atoms with Gasteiger partial charge in [0.15, 0.2) is 5.82 Å². The number of aryl methyl sites for hydroxylation is 1. The third-order valence-electron chi connectivity index (χ3n) is 5.77. The fourth-order valence-corrected chi connectivity index (χ4v) is 5.31. The van der Waals surface area contributed by atoms with Gasteiger partial charge in [-0.1, -0.05) is 5.16 Å². The van der Waals surface area contributed by atoms with Crippen LogP contribution in [0.25, 0.3) is 0 Å². The molecule has 3 heterocycles. The van der Waals surface area contributed by atoms with E-state index in [2.05, 4.69) is 19.8 Å². The number of aromatic nitrogens is 3. The molecule has 0 aromatic carbocycles. The van der Waals surface area contributed by atoms with Gasteiger partial charge in [-0.3, -0.25) is 9.78 Å². The fourth-order valence-electron chi connectivity index (χ4n) is 4.46. The van der Waals surface area contributed by atoms with E-state index in [9.17, 15) is 13.2 Å². The average molecular weight is 405 g/mol. The summed E-state index contributed by atoms with van der Waals surface area (Å²) in [6, 6.07) is 3.18. The van der Waals surface area contributed by atoms with Crippen LogP contribution in [0.4, 0.5) is 0 Å². The number of rotatable bonds is 5. The first kappa shape index (κ1) is 19.0. The van der Waals surface area contributed by atoms with Gasteiger partial charge >= 0.3 is 0 Å². The van der Waals surface area contributed by atoms with Crippen molar-refractivity contribution in [2.45, 2.75) is 38.1 Å². The highest BCUT2D eigenvalue weighted by atomic mass is 32.2. The van der Waals surface area contributed by atoms with E-state index in [-0.39, 0.29) is 23.6 Å². The van der Waals surface area contributed by atoms with Gasteiger partial charge in [0.1, 0.15) is 0 Å². The van der Waals surface area contributed by atoms with Crippen LogP contribution >= 0.6 is 0 Å². The van der Waals surface area contributed by atoms with Crippen molar-refractivity contribution in [1.82, 2.24) is 24.7 Å². The molecular formula is C18H23N5O4S. The second-order valence-corrected chi connectivity index (χ2v) is 9.62. The second-order valence-electron chi connectivity index (χ2n) is 7.58. The lowest BCUT2D eigenvalue weighted by Crippen LogP contribution is -2.39. The number of nitrogens with one attached hydrogen (secondary N) is 1. The Morgan fingerprint density at radius 2 is 2.14 bits per heavy atom. The molecule has 1 saturated carbocycles. The summed E-state index contributed by atoms with van der Waals surface area (Å²) in [6.45, 7) is 4.31. The number of hydrogen-bond acceptors (Lipinski definition) is 7. The van der Waals surface area contributed by atoms with E-state index in [0.717, 1.165) is 0 Å². The predicted octanol–water partition coefficient (Wildman–Crippen LogP) is 0.885.